The fourth-order valence-electron chi connectivity index (χ4n) is 2.46. The monoisotopic (exact) mass is 324 g/mol. The molecule has 0 bridgehead atoms. The molecule has 0 unspecified atom stereocenters. The second-order valence-electron chi connectivity index (χ2n) is 5.68. The molecule has 2 aromatic carbocycles. The lowest BCUT2D eigenvalue weighted by Gasteiger charge is -2.11. The van der Waals surface area contributed by atoms with E-state index in [2.05, 4.69) is 17.6 Å². The van der Waals surface area contributed by atoms with Crippen LogP contribution in [0.2, 0.25) is 0 Å². The fourth-order valence-corrected chi connectivity index (χ4v) is 2.46. The molecule has 126 valence electrons. The van der Waals surface area contributed by atoms with E-state index in [1.54, 1.807) is 36.4 Å². The van der Waals surface area contributed by atoms with Gasteiger partial charge in [-0.15, -0.1) is 0 Å². The Morgan fingerprint density at radius 1 is 0.875 bits per heavy atom. The van der Waals surface area contributed by atoms with Crippen molar-refractivity contribution in [3.05, 3.63) is 65.7 Å². The van der Waals surface area contributed by atoms with Crippen LogP contribution in [0.15, 0.2) is 54.6 Å². The quantitative estimate of drug-likeness (QED) is 0.550. The number of carbonyl (C=O) groups excluding carboxylic acids is 2. The number of ketones is 1. The van der Waals surface area contributed by atoms with Gasteiger partial charge in [0.15, 0.2) is 5.78 Å². The molecule has 0 aliphatic rings. The number of anilines is 1. The van der Waals surface area contributed by atoms with Gasteiger partial charge in [-0.3, -0.25) is 4.79 Å². The minimum absolute atomic E-state index is 0.102. The van der Waals surface area contributed by atoms with Crippen LogP contribution in [0, 0.1) is 0 Å². The molecule has 2 amide bonds. The van der Waals surface area contributed by atoms with Crippen molar-refractivity contribution in [2.75, 3.05) is 11.9 Å². The number of hydrogen-bond donors (Lipinski definition) is 2. The lowest BCUT2D eigenvalue weighted by Crippen LogP contribution is -2.30. The van der Waals surface area contributed by atoms with Gasteiger partial charge in [0.05, 0.1) is 5.69 Å². The zero-order valence-corrected chi connectivity index (χ0v) is 14.0. The molecule has 2 rings (SSSR count). The van der Waals surface area contributed by atoms with Crippen LogP contribution in [0.25, 0.3) is 0 Å². The fraction of sp³-hybridized carbons (Fsp3) is 0.300. The normalized spacial score (nSPS) is 10.2. The molecule has 0 atom stereocenters. The third kappa shape index (κ3) is 5.23. The van der Waals surface area contributed by atoms with Gasteiger partial charge in [-0.2, -0.15) is 0 Å². The standard InChI is InChI=1S/C20H24N2O2/c1-2-3-4-10-15-21-20(24)22-18-14-9-8-13-17(18)19(23)16-11-6-5-7-12-16/h5-9,11-14H,2-4,10,15H2,1H3,(H2,21,22,24). The molecule has 24 heavy (non-hydrogen) atoms. The molecule has 0 saturated carbocycles. The van der Waals surface area contributed by atoms with E-state index in [9.17, 15) is 9.59 Å². The van der Waals surface area contributed by atoms with E-state index in [0.717, 1.165) is 12.8 Å². The summed E-state index contributed by atoms with van der Waals surface area (Å²) < 4.78 is 0. The van der Waals surface area contributed by atoms with Crippen LogP contribution in [0.5, 0.6) is 0 Å². The van der Waals surface area contributed by atoms with Gasteiger partial charge in [-0.25, -0.2) is 4.79 Å². The summed E-state index contributed by atoms with van der Waals surface area (Å²) in [6, 6.07) is 15.9. The largest absolute Gasteiger partial charge is 0.338 e. The van der Waals surface area contributed by atoms with E-state index >= 15 is 0 Å². The lowest BCUT2D eigenvalue weighted by molar-refractivity contribution is 0.103. The minimum atomic E-state index is -0.278. The molecule has 0 spiro atoms. The highest BCUT2D eigenvalue weighted by molar-refractivity contribution is 6.13. The Bertz CT molecular complexity index is 668. The average Bonchev–Trinajstić information content (AvgIpc) is 2.62. The summed E-state index contributed by atoms with van der Waals surface area (Å²) >= 11 is 0. The maximum atomic E-state index is 12.6. The summed E-state index contributed by atoms with van der Waals surface area (Å²) in [5.41, 5.74) is 1.62. The summed E-state index contributed by atoms with van der Waals surface area (Å²) in [6.07, 6.45) is 4.42. The van der Waals surface area contributed by atoms with Crippen molar-refractivity contribution < 1.29 is 9.59 Å². The molecule has 4 heteroatoms. The first-order valence-corrected chi connectivity index (χ1v) is 8.46. The number of urea groups is 1. The zero-order valence-electron chi connectivity index (χ0n) is 14.0. The molecule has 0 radical (unpaired) electrons. The molecule has 2 N–H and O–H groups in total. The Morgan fingerprint density at radius 2 is 1.58 bits per heavy atom. The van der Waals surface area contributed by atoms with Crippen LogP contribution in [-0.2, 0) is 0 Å². The number of amides is 2. The molecule has 0 aliphatic carbocycles. The molecule has 4 nitrogen and oxygen atoms in total. The number of rotatable bonds is 8. The van der Waals surface area contributed by atoms with E-state index < -0.39 is 0 Å². The number of unbranched alkanes of at least 4 members (excludes halogenated alkanes) is 3. The van der Waals surface area contributed by atoms with Gasteiger partial charge in [-0.05, 0) is 18.6 Å². The zero-order chi connectivity index (χ0) is 17.2. The van der Waals surface area contributed by atoms with Crippen molar-refractivity contribution in [2.24, 2.45) is 0 Å². The number of nitrogens with one attached hydrogen (secondary N) is 2. The molecular formula is C20H24N2O2. The van der Waals surface area contributed by atoms with E-state index in [0.29, 0.717) is 23.4 Å². The third-order valence-corrected chi connectivity index (χ3v) is 3.77. The van der Waals surface area contributed by atoms with Crippen LogP contribution in [0.4, 0.5) is 10.5 Å². The summed E-state index contributed by atoms with van der Waals surface area (Å²) in [6.45, 7) is 2.79. The van der Waals surface area contributed by atoms with Crippen LogP contribution in [0.1, 0.15) is 48.5 Å². The minimum Gasteiger partial charge on any atom is -0.338 e. The maximum absolute atomic E-state index is 12.6. The van der Waals surface area contributed by atoms with E-state index in [4.69, 9.17) is 0 Å². The SMILES string of the molecule is CCCCCCNC(=O)Nc1ccccc1C(=O)c1ccccc1. The van der Waals surface area contributed by atoms with Crippen molar-refractivity contribution in [3.8, 4) is 0 Å². The maximum Gasteiger partial charge on any atom is 0.319 e. The van der Waals surface area contributed by atoms with E-state index in [1.165, 1.54) is 12.8 Å². The summed E-state index contributed by atoms with van der Waals surface area (Å²) in [4.78, 5) is 24.6. The molecular weight excluding hydrogens is 300 g/mol. The lowest BCUT2D eigenvalue weighted by atomic mass is 10.0. The average molecular weight is 324 g/mol. The molecule has 0 saturated heterocycles. The predicted octanol–water partition coefficient (Wildman–Crippen LogP) is 4.62. The first-order chi connectivity index (χ1) is 11.7. The van der Waals surface area contributed by atoms with E-state index in [-0.39, 0.29) is 11.8 Å². The van der Waals surface area contributed by atoms with Gasteiger partial charge >= 0.3 is 6.03 Å². The molecule has 0 aromatic heterocycles. The van der Waals surface area contributed by atoms with Gasteiger partial charge in [0.2, 0.25) is 0 Å². The summed E-state index contributed by atoms with van der Waals surface area (Å²) in [5.74, 6) is -0.102. The van der Waals surface area contributed by atoms with Gasteiger partial charge in [-0.1, -0.05) is 68.7 Å². The van der Waals surface area contributed by atoms with Crippen LogP contribution in [-0.4, -0.2) is 18.4 Å². The third-order valence-electron chi connectivity index (χ3n) is 3.77. The van der Waals surface area contributed by atoms with Crippen molar-refractivity contribution in [2.45, 2.75) is 32.6 Å². The van der Waals surface area contributed by atoms with E-state index in [1.807, 2.05) is 18.2 Å². The van der Waals surface area contributed by atoms with Crippen molar-refractivity contribution in [1.82, 2.24) is 5.32 Å². The van der Waals surface area contributed by atoms with Gasteiger partial charge in [0, 0.05) is 17.7 Å². The molecule has 0 fully saturated rings. The number of hydrogen-bond acceptors (Lipinski definition) is 2. The highest BCUT2D eigenvalue weighted by Crippen LogP contribution is 2.19. The smallest absolute Gasteiger partial charge is 0.319 e. The van der Waals surface area contributed by atoms with Crippen molar-refractivity contribution in [1.29, 1.82) is 0 Å². The Labute approximate surface area is 143 Å². The van der Waals surface area contributed by atoms with Crippen molar-refractivity contribution >= 4 is 17.5 Å². The molecule has 2 aromatic rings. The number of para-hydroxylation sites is 1. The number of benzene rings is 2. The highest BCUT2D eigenvalue weighted by Gasteiger charge is 2.14. The van der Waals surface area contributed by atoms with Crippen LogP contribution in [0.3, 0.4) is 0 Å². The molecule has 0 aliphatic heterocycles. The van der Waals surface area contributed by atoms with Gasteiger partial charge in [0.1, 0.15) is 0 Å². The van der Waals surface area contributed by atoms with Crippen LogP contribution >= 0.6 is 0 Å². The predicted molar refractivity (Wildman–Crippen MR) is 97.5 cm³/mol. The second-order valence-corrected chi connectivity index (χ2v) is 5.68. The first-order valence-electron chi connectivity index (χ1n) is 8.46. The Morgan fingerprint density at radius 3 is 2.33 bits per heavy atom. The Kier molecular flexibility index (Phi) is 7.02. The molecule has 0 heterocycles. The Balaban J connectivity index is 1.99. The number of carbonyl (C=O) groups is 2. The first kappa shape index (κ1) is 17.7. The van der Waals surface area contributed by atoms with Crippen LogP contribution < -0.4 is 10.6 Å². The second kappa shape index (κ2) is 9.50. The highest BCUT2D eigenvalue weighted by atomic mass is 16.2. The van der Waals surface area contributed by atoms with Crippen molar-refractivity contribution in [3.63, 3.8) is 0 Å². The summed E-state index contributed by atoms with van der Waals surface area (Å²) in [5, 5.41) is 5.62. The summed E-state index contributed by atoms with van der Waals surface area (Å²) in [7, 11) is 0. The van der Waals surface area contributed by atoms with Gasteiger partial charge in [0.25, 0.3) is 0 Å². The Hall–Kier alpha value is -2.62. The topological polar surface area (TPSA) is 58.2 Å². The van der Waals surface area contributed by atoms with Gasteiger partial charge < -0.3 is 10.6 Å².